The van der Waals surface area contributed by atoms with Crippen molar-refractivity contribution in [2.24, 2.45) is 0 Å². The molecule has 10 aromatic carbocycles. The second-order valence-electron chi connectivity index (χ2n) is 30.7. The number of methoxy groups -OCH3 is 3. The molecule has 0 aliphatic carbocycles. The molecule has 0 aliphatic heterocycles. The van der Waals surface area contributed by atoms with Gasteiger partial charge in [0.05, 0.1) is 142 Å². The largest absolute Gasteiger partial charge is 0.493 e. The van der Waals surface area contributed by atoms with Crippen LogP contribution < -0.4 is 51.5 Å². The second-order valence-corrected chi connectivity index (χ2v) is 30.7. The van der Waals surface area contributed by atoms with E-state index in [-0.39, 0.29) is 44.9 Å². The predicted octanol–water partition coefficient (Wildman–Crippen LogP) is 15.7. The molecule has 20 aromatic rings. The van der Waals surface area contributed by atoms with E-state index < -0.39 is 23.9 Å². The average molecular weight is 1920 g/mol. The number of carbonyl (C=O) groups excluding carboxylic acids is 3. The highest BCUT2D eigenvalue weighted by molar-refractivity contribution is 5.99. The quantitative estimate of drug-likeness (QED) is 0.0187. The van der Waals surface area contributed by atoms with Gasteiger partial charge in [-0.05, 0) is 199 Å². The van der Waals surface area contributed by atoms with Crippen LogP contribution >= 0.6 is 0 Å². The van der Waals surface area contributed by atoms with E-state index >= 15 is 0 Å². The van der Waals surface area contributed by atoms with Gasteiger partial charge in [-0.2, -0.15) is 0 Å². The van der Waals surface area contributed by atoms with Crippen molar-refractivity contribution < 1.29 is 72.1 Å². The van der Waals surface area contributed by atoms with Crippen LogP contribution in [0.3, 0.4) is 0 Å². The third-order valence-electron chi connectivity index (χ3n) is 22.0. The summed E-state index contributed by atoms with van der Waals surface area (Å²) in [6.07, 6.45) is 7.11. The van der Waals surface area contributed by atoms with Crippen LogP contribution in [0.1, 0.15) is 86.4 Å². The van der Waals surface area contributed by atoms with Gasteiger partial charge in [0.2, 0.25) is 0 Å². The normalized spacial score (nSPS) is 10.9. The lowest BCUT2D eigenvalue weighted by molar-refractivity contribution is 0.0592. The highest BCUT2D eigenvalue weighted by atomic mass is 16.5. The number of hydrogen-bond acceptors (Lipinski definition) is 28. The number of carbonyl (C=O) groups is 5. The van der Waals surface area contributed by atoms with Crippen molar-refractivity contribution in [2.45, 2.75) is 34.6 Å². The Morgan fingerprint density at radius 3 is 0.839 bits per heavy atom. The van der Waals surface area contributed by atoms with Crippen LogP contribution in [0.5, 0.6) is 28.7 Å². The maximum atomic E-state index is 12.3. The molecule has 12 N–H and O–H groups in total. The molecule has 0 amide bonds. The molecule has 0 radical (unpaired) electrons. The molecular formula is C103H86N20O20. The molecule has 0 aliphatic rings. The van der Waals surface area contributed by atoms with Crippen molar-refractivity contribution in [1.82, 2.24) is 99.7 Å². The second kappa shape index (κ2) is 43.5. The smallest absolute Gasteiger partial charge is 0.338 e. The monoisotopic (exact) mass is 1920 g/mol. The number of hydrogen-bond donors (Lipinski definition) is 12. The molecule has 143 heavy (non-hydrogen) atoms. The van der Waals surface area contributed by atoms with Gasteiger partial charge < -0.3 is 97.9 Å². The van der Waals surface area contributed by atoms with Crippen LogP contribution in [0.15, 0.2) is 268 Å². The number of nitrogens with one attached hydrogen (secondary N) is 10. The number of nitrogens with zero attached hydrogens (tertiary/aromatic N) is 10. The van der Waals surface area contributed by atoms with Gasteiger partial charge in [-0.1, -0.05) is 103 Å². The molecular weight excluding hydrogens is 1840 g/mol. The number of H-pyrrole nitrogens is 10. The minimum absolute atomic E-state index is 0.196. The molecule has 20 rings (SSSR count). The van der Waals surface area contributed by atoms with E-state index in [0.29, 0.717) is 202 Å². The number of carboxylic acid groups (broad SMARTS) is 2. The van der Waals surface area contributed by atoms with Crippen molar-refractivity contribution in [2.75, 3.05) is 54.4 Å². The molecule has 40 heteroatoms. The van der Waals surface area contributed by atoms with Crippen LogP contribution in [-0.2, 0) is 14.2 Å². The first-order chi connectivity index (χ1) is 69.5. The van der Waals surface area contributed by atoms with E-state index in [1.165, 1.54) is 59.0 Å². The summed E-state index contributed by atoms with van der Waals surface area (Å²) in [5, 5.41) is 18.7. The molecule has 0 saturated carbocycles. The summed E-state index contributed by atoms with van der Waals surface area (Å²) in [5.74, 6) is 1.26. The first-order valence-corrected chi connectivity index (χ1v) is 44.2. The Hall–Kier alpha value is -19.7. The number of imidazole rings is 5. The van der Waals surface area contributed by atoms with Crippen molar-refractivity contribution in [1.29, 1.82) is 0 Å². The molecule has 0 spiro atoms. The molecule has 0 bridgehead atoms. The van der Waals surface area contributed by atoms with Gasteiger partial charge in [-0.25, -0.2) is 73.8 Å². The van der Waals surface area contributed by atoms with Gasteiger partial charge in [-0.3, -0.25) is 24.0 Å². The summed E-state index contributed by atoms with van der Waals surface area (Å²) in [5.41, 5.74) is 14.3. The van der Waals surface area contributed by atoms with Crippen LogP contribution in [0.4, 0.5) is 0 Å². The van der Waals surface area contributed by atoms with Gasteiger partial charge in [-0.15, -0.1) is 0 Å². The average Bonchev–Trinajstić information content (AvgIpc) is 1.76. The zero-order valence-electron chi connectivity index (χ0n) is 77.3. The topological polar surface area (TPSA) is 572 Å². The third-order valence-corrected chi connectivity index (χ3v) is 22.0. The summed E-state index contributed by atoms with van der Waals surface area (Å²) >= 11 is 0. The fourth-order valence-electron chi connectivity index (χ4n) is 15.3. The molecule has 0 atom stereocenters. The number of rotatable bonds is 25. The van der Waals surface area contributed by atoms with E-state index in [0.717, 1.165) is 44.5 Å². The Labute approximate surface area is 807 Å². The van der Waals surface area contributed by atoms with Gasteiger partial charge in [0, 0.05) is 0 Å². The zero-order chi connectivity index (χ0) is 100. The predicted molar refractivity (Wildman–Crippen MR) is 531 cm³/mol. The molecule has 0 unspecified atom stereocenters. The van der Waals surface area contributed by atoms with Crippen LogP contribution in [0, 0.1) is 0 Å². The number of aromatic nitrogens is 20. The minimum atomic E-state index is -1.01. The summed E-state index contributed by atoms with van der Waals surface area (Å²) in [6, 6.07) is 62.1. The van der Waals surface area contributed by atoms with Gasteiger partial charge in [0.1, 0.15) is 57.9 Å². The van der Waals surface area contributed by atoms with E-state index in [2.05, 4.69) is 99.7 Å². The lowest BCUT2D eigenvalue weighted by atomic mass is 9.98. The van der Waals surface area contributed by atoms with Gasteiger partial charge in [0.25, 0.3) is 27.8 Å². The molecule has 40 nitrogen and oxygen atoms in total. The van der Waals surface area contributed by atoms with Crippen LogP contribution in [-0.4, -0.2) is 194 Å². The summed E-state index contributed by atoms with van der Waals surface area (Å²) in [7, 11) is 4.05. The van der Waals surface area contributed by atoms with Gasteiger partial charge in [0.15, 0.2) is 55.8 Å². The van der Waals surface area contributed by atoms with Crippen molar-refractivity contribution in [3.63, 3.8) is 0 Å². The maximum Gasteiger partial charge on any atom is 0.338 e. The van der Waals surface area contributed by atoms with Crippen molar-refractivity contribution >= 4 is 85.7 Å². The number of fused-ring (bicyclic) bond motifs is 5. The SMILES string of the molecule is CCOc1cc(-c2ccc(C(=O)OC)cc2)ccc1-c1nc2nc[nH]c2c(=O)[nH]1.CCOc1cc(-c2cccc(C(=O)O)c2)ccc1-c1nc2nc[nH]c2c(=O)[nH]1.CCOc1cc(-c2cccc(C(=O)OC)c2)ccc1-c1nc2nc[nH]c2c(=O)[nH]1.CCOc1cc(-c2ccccc2C(=O)O)ccc1-c1nc2nc[nH]c2c(=O)[nH]1.CCOc1cc(-c2ccccc2C(=O)OC)ccc1-c1nc2nc[nH]c2c(=O)[nH]1. The first kappa shape index (κ1) is 96.4. The van der Waals surface area contributed by atoms with E-state index in [1.807, 2.05) is 126 Å². The molecule has 10 aromatic heterocycles. The highest BCUT2D eigenvalue weighted by Gasteiger charge is 2.24. The van der Waals surface area contributed by atoms with Crippen LogP contribution in [0.25, 0.3) is 168 Å². The molecule has 0 saturated heterocycles. The van der Waals surface area contributed by atoms with Crippen molar-refractivity contribution in [3.05, 3.63) is 324 Å². The number of esters is 3. The maximum absolute atomic E-state index is 12.3. The lowest BCUT2D eigenvalue weighted by Gasteiger charge is -2.13. The number of ether oxygens (including phenoxy) is 8. The first-order valence-electron chi connectivity index (χ1n) is 44.2. The Bertz CT molecular complexity index is 8520. The van der Waals surface area contributed by atoms with Crippen LogP contribution in [0.2, 0.25) is 0 Å². The number of carboxylic acids is 2. The zero-order valence-corrected chi connectivity index (χ0v) is 77.3. The highest BCUT2D eigenvalue weighted by Crippen LogP contribution is 2.41. The van der Waals surface area contributed by atoms with E-state index in [4.69, 9.17) is 37.9 Å². The Morgan fingerprint density at radius 2 is 0.524 bits per heavy atom. The third kappa shape index (κ3) is 21.3. The van der Waals surface area contributed by atoms with Crippen molar-refractivity contribution in [3.8, 4) is 141 Å². The Kier molecular flexibility index (Phi) is 29.4. The lowest BCUT2D eigenvalue weighted by Crippen LogP contribution is -2.10. The number of aromatic amines is 10. The molecule has 718 valence electrons. The summed E-state index contributed by atoms with van der Waals surface area (Å²) < 4.78 is 43.3. The fraction of sp³-hybridized carbons (Fsp3) is 0.126. The summed E-state index contributed by atoms with van der Waals surface area (Å²) in [4.78, 5) is 190. The Morgan fingerprint density at radius 1 is 0.259 bits per heavy atom. The van der Waals surface area contributed by atoms with E-state index in [1.54, 1.807) is 115 Å². The van der Waals surface area contributed by atoms with Gasteiger partial charge >= 0.3 is 29.8 Å². The molecule has 10 heterocycles. The summed E-state index contributed by atoms with van der Waals surface area (Å²) in [6.45, 7) is 11.4. The minimum Gasteiger partial charge on any atom is -0.493 e. The molecule has 0 fully saturated rings. The number of aromatic carboxylic acids is 2. The standard InChI is InChI=1S/3C21H18N4O4.2C20H16N4O4/c1-3-29-16-10-14(12-4-6-13(7-5-12)21(27)28-2)8-9-15(16)18-24-19-17(20(26)25-18)22-11-23-19;1-3-29-16-10-13(12-5-4-6-14(9-12)21(27)28-2)7-8-15(16)18-24-19-17(20(26)25-18)22-11-23-19;1-3-29-16-10-12(13-6-4-5-7-14(13)21(27)28-2)8-9-15(16)18-24-19-17(20(26)25-18)22-11-23-19;1-2-28-15-9-12(11-4-3-5-13(8-11)20(26)27)6-7-14(15)17-23-18-16(19(25)24-17)21-10-22-18;1-2-28-15-9-11(12-5-3-4-6-13(12)20(26)27)7-8-14(15)17-23-18-16(19(25)24-17)21-10-22-18/h3*4-11H,3H2,1-2H3,(H2,22,23,24,25,26);2*3-10H,2H2,1H3,(H,26,27)(H2,21,22,23,24,25). The Balaban J connectivity index is 0.000000128. The fourth-order valence-corrected chi connectivity index (χ4v) is 15.3. The van der Waals surface area contributed by atoms with E-state index in [9.17, 15) is 58.2 Å². The number of benzene rings is 10.